The first kappa shape index (κ1) is 27.7. The van der Waals surface area contributed by atoms with Gasteiger partial charge in [0, 0.05) is 30.8 Å². The van der Waals surface area contributed by atoms with Gasteiger partial charge in [0.25, 0.3) is 0 Å². The maximum absolute atomic E-state index is 14.9. The zero-order valence-electron chi connectivity index (χ0n) is 23.6. The van der Waals surface area contributed by atoms with Crippen molar-refractivity contribution in [3.05, 3.63) is 76.7 Å². The predicted octanol–water partition coefficient (Wildman–Crippen LogP) is 6.09. The van der Waals surface area contributed by atoms with Crippen LogP contribution in [0.2, 0.25) is 0 Å². The van der Waals surface area contributed by atoms with E-state index in [0.717, 1.165) is 72.9 Å². The van der Waals surface area contributed by atoms with E-state index in [0.29, 0.717) is 30.2 Å². The molecule has 0 bridgehead atoms. The lowest BCUT2D eigenvalue weighted by molar-refractivity contribution is -0.142. The molecule has 2 N–H and O–H groups in total. The third-order valence-corrected chi connectivity index (χ3v) is 9.06. The minimum atomic E-state index is -0.765. The molecular formula is C33H37FN2O5. The fraction of sp³-hybridized carbons (Fsp3) is 0.455. The Balaban J connectivity index is 1.31. The normalized spacial score (nSPS) is 21.8. The summed E-state index contributed by atoms with van der Waals surface area (Å²) >= 11 is 0. The van der Waals surface area contributed by atoms with E-state index < -0.39 is 17.7 Å². The van der Waals surface area contributed by atoms with Crippen molar-refractivity contribution in [3.8, 4) is 22.8 Å². The molecule has 2 aliphatic heterocycles. The molecule has 3 aliphatic rings. The van der Waals surface area contributed by atoms with Gasteiger partial charge in [-0.05, 0) is 84.9 Å². The fourth-order valence-electron chi connectivity index (χ4n) is 6.52. The quantitative estimate of drug-likeness (QED) is 0.327. The molecule has 1 saturated carbocycles. The highest BCUT2D eigenvalue weighted by molar-refractivity contribution is 5.71. The number of halogens is 1. The Morgan fingerprint density at radius 1 is 1.12 bits per heavy atom. The zero-order chi connectivity index (χ0) is 28.7. The summed E-state index contributed by atoms with van der Waals surface area (Å²) in [5, 5.41) is 19.7. The Bertz CT molecular complexity index is 1440. The van der Waals surface area contributed by atoms with Crippen molar-refractivity contribution in [2.75, 3.05) is 20.3 Å². The van der Waals surface area contributed by atoms with Crippen molar-refractivity contribution < 1.29 is 28.9 Å². The number of aliphatic carboxylic acids is 1. The van der Waals surface area contributed by atoms with Gasteiger partial charge in [0.15, 0.2) is 0 Å². The van der Waals surface area contributed by atoms with Gasteiger partial charge in [-0.25, -0.2) is 9.37 Å². The topological polar surface area (TPSA) is 92.1 Å². The number of rotatable bonds is 9. The first-order chi connectivity index (χ1) is 19.8. The van der Waals surface area contributed by atoms with Crippen molar-refractivity contribution in [2.24, 2.45) is 11.8 Å². The average molecular weight is 561 g/mol. The van der Waals surface area contributed by atoms with Crippen LogP contribution >= 0.6 is 0 Å². The van der Waals surface area contributed by atoms with Gasteiger partial charge in [-0.15, -0.1) is 0 Å². The lowest BCUT2D eigenvalue weighted by atomic mass is 9.82. The van der Waals surface area contributed by atoms with E-state index in [1.807, 2.05) is 12.1 Å². The number of nitrogens with zero attached hydrogens (tertiary/aromatic N) is 2. The number of aromatic nitrogens is 1. The first-order valence-electron chi connectivity index (χ1n) is 14.6. The smallest absolute Gasteiger partial charge is 0.306 e. The summed E-state index contributed by atoms with van der Waals surface area (Å²) in [5.74, 6) is -0.723. The molecule has 8 heteroatoms. The number of likely N-dealkylation sites (N-methyl/N-ethyl adjacent to an activating group) is 1. The summed E-state index contributed by atoms with van der Waals surface area (Å²) in [5.41, 5.74) is 5.14. The minimum Gasteiger partial charge on any atom is -0.493 e. The van der Waals surface area contributed by atoms with E-state index in [4.69, 9.17) is 9.47 Å². The number of aryl methyl sites for hydroxylation is 1. The number of carboxylic acid groups (broad SMARTS) is 1. The standard InChI is InChI=1S/C33H37FN2O5/c1-19(33(38)39)32(21-4-5-21)23-6-3-20-8-10-29(41-30(20)14-23)22-7-9-26(27-15-31(37)35-16-28(27)34)24(13-22)17-36(2)25-11-12-40-18-25/h3,6-7,9,13-16,19,21,25,29,32H,4-5,8,10-12,17-18H2,1-2H3,(H,35,37)(H,38,39)/t19-,25?,29-,32-/m0/s1. The van der Waals surface area contributed by atoms with Gasteiger partial charge >= 0.3 is 5.97 Å². The molecule has 1 unspecified atom stereocenters. The van der Waals surface area contributed by atoms with Gasteiger partial charge in [-0.2, -0.15) is 0 Å². The monoisotopic (exact) mass is 560 g/mol. The molecule has 0 spiro atoms. The number of carbonyl (C=O) groups is 1. The van der Waals surface area contributed by atoms with E-state index in [1.165, 1.54) is 6.07 Å². The van der Waals surface area contributed by atoms with Crippen LogP contribution in [0, 0.1) is 17.7 Å². The second-order valence-electron chi connectivity index (χ2n) is 11.9. The molecule has 41 heavy (non-hydrogen) atoms. The Morgan fingerprint density at radius 3 is 2.68 bits per heavy atom. The summed E-state index contributed by atoms with van der Waals surface area (Å²) in [6.07, 6.45) is 5.60. The molecule has 0 radical (unpaired) electrons. The molecule has 1 saturated heterocycles. The van der Waals surface area contributed by atoms with E-state index in [2.05, 4.69) is 41.2 Å². The Labute approximate surface area is 239 Å². The molecule has 2 fully saturated rings. The fourth-order valence-corrected chi connectivity index (χ4v) is 6.52. The molecule has 1 aliphatic carbocycles. The zero-order valence-corrected chi connectivity index (χ0v) is 23.6. The van der Waals surface area contributed by atoms with Crippen LogP contribution in [0.5, 0.6) is 11.6 Å². The van der Waals surface area contributed by atoms with Gasteiger partial charge in [-0.1, -0.05) is 37.3 Å². The van der Waals surface area contributed by atoms with Crippen LogP contribution in [0.15, 0.2) is 48.7 Å². The number of ether oxygens (including phenoxy) is 2. The van der Waals surface area contributed by atoms with Crippen LogP contribution in [0.25, 0.3) is 11.1 Å². The molecule has 2 aromatic carbocycles. The Kier molecular flexibility index (Phi) is 7.70. The average Bonchev–Trinajstić information content (AvgIpc) is 3.64. The molecule has 7 nitrogen and oxygen atoms in total. The predicted molar refractivity (Wildman–Crippen MR) is 152 cm³/mol. The Morgan fingerprint density at radius 2 is 1.95 bits per heavy atom. The number of fused-ring (bicyclic) bond motifs is 1. The van der Waals surface area contributed by atoms with Crippen LogP contribution in [0.3, 0.4) is 0 Å². The lowest BCUT2D eigenvalue weighted by Gasteiger charge is -2.30. The summed E-state index contributed by atoms with van der Waals surface area (Å²) in [7, 11) is 2.06. The number of carboxylic acids is 1. The number of hydrogen-bond acceptors (Lipinski definition) is 6. The van der Waals surface area contributed by atoms with Gasteiger partial charge in [0.05, 0.1) is 18.7 Å². The van der Waals surface area contributed by atoms with E-state index >= 15 is 0 Å². The number of hydrogen-bond donors (Lipinski definition) is 2. The van der Waals surface area contributed by atoms with E-state index in [1.54, 1.807) is 6.92 Å². The lowest BCUT2D eigenvalue weighted by Crippen LogP contribution is -2.31. The van der Waals surface area contributed by atoms with E-state index in [-0.39, 0.29) is 23.9 Å². The number of pyridine rings is 1. The van der Waals surface area contributed by atoms with Crippen molar-refractivity contribution in [1.29, 1.82) is 0 Å². The van der Waals surface area contributed by atoms with Crippen LogP contribution in [-0.2, 0) is 22.5 Å². The largest absolute Gasteiger partial charge is 0.493 e. The molecule has 0 amide bonds. The molecule has 1 aromatic heterocycles. The third-order valence-electron chi connectivity index (χ3n) is 9.06. The molecular weight excluding hydrogens is 523 g/mol. The molecule has 4 atom stereocenters. The summed E-state index contributed by atoms with van der Waals surface area (Å²) in [4.78, 5) is 17.8. The summed E-state index contributed by atoms with van der Waals surface area (Å²) in [6, 6.07) is 13.9. The van der Waals surface area contributed by atoms with Crippen molar-refractivity contribution >= 4 is 5.97 Å². The SMILES string of the molecule is C[C@H](C(=O)O)[C@H](c1ccc2c(c1)O[C@H](c1ccc(-c3cc(O)ncc3F)c(CN(C)C3CCOC3)c1)CC2)C1CC1. The Hall–Kier alpha value is -3.49. The highest BCUT2D eigenvalue weighted by Gasteiger charge is 2.39. The van der Waals surface area contributed by atoms with Crippen LogP contribution in [0.1, 0.15) is 66.9 Å². The maximum atomic E-state index is 14.9. The van der Waals surface area contributed by atoms with Crippen molar-refractivity contribution in [2.45, 2.75) is 63.6 Å². The molecule has 6 rings (SSSR count). The molecule has 216 valence electrons. The molecule has 3 heterocycles. The summed E-state index contributed by atoms with van der Waals surface area (Å²) < 4.78 is 27.1. The van der Waals surface area contributed by atoms with Crippen molar-refractivity contribution in [1.82, 2.24) is 9.88 Å². The van der Waals surface area contributed by atoms with Crippen LogP contribution < -0.4 is 4.74 Å². The van der Waals surface area contributed by atoms with Crippen molar-refractivity contribution in [3.63, 3.8) is 0 Å². The van der Waals surface area contributed by atoms with Gasteiger partial charge < -0.3 is 19.7 Å². The van der Waals surface area contributed by atoms with Gasteiger partial charge in [0.2, 0.25) is 5.88 Å². The van der Waals surface area contributed by atoms with Crippen LogP contribution in [-0.4, -0.2) is 52.4 Å². The highest BCUT2D eigenvalue weighted by Crippen LogP contribution is 2.48. The molecule has 3 aromatic rings. The number of aromatic hydroxyl groups is 1. The number of benzene rings is 2. The maximum Gasteiger partial charge on any atom is 0.306 e. The second kappa shape index (κ2) is 11.4. The second-order valence-corrected chi connectivity index (χ2v) is 11.9. The minimum absolute atomic E-state index is 0.0190. The first-order valence-corrected chi connectivity index (χ1v) is 14.6. The van der Waals surface area contributed by atoms with Gasteiger partial charge in [-0.3, -0.25) is 9.69 Å². The third kappa shape index (κ3) is 5.81. The van der Waals surface area contributed by atoms with Crippen LogP contribution in [0.4, 0.5) is 4.39 Å². The van der Waals surface area contributed by atoms with Gasteiger partial charge in [0.1, 0.15) is 17.7 Å². The summed E-state index contributed by atoms with van der Waals surface area (Å²) in [6.45, 7) is 3.79. The highest BCUT2D eigenvalue weighted by atomic mass is 19.1. The van der Waals surface area contributed by atoms with E-state index in [9.17, 15) is 19.4 Å².